The maximum absolute atomic E-state index is 5.78. The van der Waals surface area contributed by atoms with E-state index in [1.807, 2.05) is 13.0 Å². The monoisotopic (exact) mass is 221 g/mol. The maximum Gasteiger partial charge on any atom is 0.257 e. The Morgan fingerprint density at radius 1 is 1.81 bits per heavy atom. The van der Waals surface area contributed by atoms with Crippen molar-refractivity contribution in [3.63, 3.8) is 0 Å². The zero-order valence-corrected chi connectivity index (χ0v) is 9.34. The second kappa shape index (κ2) is 5.19. The Hall–Kier alpha value is -2.00. The molecule has 1 heterocycles. The summed E-state index contributed by atoms with van der Waals surface area (Å²) in [5.74, 6) is 0.604. The van der Waals surface area contributed by atoms with Crippen LogP contribution in [0.3, 0.4) is 0 Å². The summed E-state index contributed by atoms with van der Waals surface area (Å²) in [4.78, 5) is 8.16. The van der Waals surface area contributed by atoms with Crippen molar-refractivity contribution in [2.75, 3.05) is 5.73 Å². The van der Waals surface area contributed by atoms with Gasteiger partial charge in [0.1, 0.15) is 18.1 Å². The van der Waals surface area contributed by atoms with Gasteiger partial charge in [-0.1, -0.05) is 13.3 Å². The summed E-state index contributed by atoms with van der Waals surface area (Å²) in [6.07, 6.45) is 8.95. The molecule has 1 atom stereocenters. The molecule has 0 saturated carbocycles. The summed E-state index contributed by atoms with van der Waals surface area (Å²) in [7, 11) is 1.76. The number of terminal acetylenes is 1. The average molecular weight is 221 g/mol. The van der Waals surface area contributed by atoms with E-state index in [0.29, 0.717) is 17.9 Å². The van der Waals surface area contributed by atoms with Crippen molar-refractivity contribution in [1.82, 2.24) is 9.55 Å². The van der Waals surface area contributed by atoms with Crippen LogP contribution in [-0.2, 0) is 11.8 Å². The van der Waals surface area contributed by atoms with Crippen molar-refractivity contribution in [3.05, 3.63) is 12.0 Å². The van der Waals surface area contributed by atoms with Crippen molar-refractivity contribution >= 4 is 11.7 Å². The first-order chi connectivity index (χ1) is 7.60. The lowest BCUT2D eigenvalue weighted by Gasteiger charge is -2.06. The highest BCUT2D eigenvalue weighted by molar-refractivity contribution is 5.97. The third-order valence-corrected chi connectivity index (χ3v) is 2.04. The lowest BCUT2D eigenvalue weighted by molar-refractivity contribution is 0.499. The second-order valence-electron chi connectivity index (χ2n) is 3.22. The topological polar surface area (TPSA) is 91.5 Å². The van der Waals surface area contributed by atoms with E-state index in [0.717, 1.165) is 0 Å². The van der Waals surface area contributed by atoms with Crippen molar-refractivity contribution in [1.29, 1.82) is 0 Å². The van der Waals surface area contributed by atoms with E-state index in [-0.39, 0.29) is 12.1 Å². The van der Waals surface area contributed by atoms with Crippen LogP contribution in [0.1, 0.15) is 19.0 Å². The molecule has 0 aliphatic carbocycles. The molecule has 1 aromatic heterocycles. The highest BCUT2D eigenvalue weighted by Crippen LogP contribution is 2.11. The number of hydrogen-bond donors (Lipinski definition) is 2. The minimum Gasteiger partial charge on any atom is -0.386 e. The van der Waals surface area contributed by atoms with Gasteiger partial charge >= 0.3 is 0 Å². The minimum absolute atomic E-state index is 0.176. The number of rotatable bonds is 3. The van der Waals surface area contributed by atoms with E-state index < -0.39 is 0 Å². The fraction of sp³-hybridized carbons (Fsp3) is 0.400. The van der Waals surface area contributed by atoms with Crippen LogP contribution in [0.25, 0.3) is 0 Å². The van der Waals surface area contributed by atoms with Crippen LogP contribution in [-0.4, -0.2) is 21.6 Å². The zero-order chi connectivity index (χ0) is 12.1. The van der Waals surface area contributed by atoms with Crippen LogP contribution in [0.5, 0.6) is 0 Å². The largest absolute Gasteiger partial charge is 0.386 e. The Morgan fingerprint density at radius 3 is 2.94 bits per heavy atom. The first-order valence-electron chi connectivity index (χ1n) is 4.83. The Morgan fingerprint density at radius 2 is 2.50 bits per heavy atom. The summed E-state index contributed by atoms with van der Waals surface area (Å²) in [6, 6.07) is 0. The standard InChI is InChI=1S/C10H15N5O/c1-4-7(11)14-10(16-5-2)8-9(12)15(3)6-13-8/h2,6-7H,4,11-12H2,1,3H3. The number of aryl methyl sites for hydroxylation is 1. The molecular weight excluding hydrogens is 206 g/mol. The van der Waals surface area contributed by atoms with Crippen molar-refractivity contribution in [2.45, 2.75) is 19.5 Å². The molecule has 6 heteroatoms. The number of nitrogens with two attached hydrogens (primary N) is 2. The van der Waals surface area contributed by atoms with E-state index in [1.165, 1.54) is 0 Å². The Balaban J connectivity index is 3.08. The van der Waals surface area contributed by atoms with Crippen LogP contribution in [0, 0.1) is 12.5 Å². The van der Waals surface area contributed by atoms with Crippen LogP contribution in [0.4, 0.5) is 5.82 Å². The number of aromatic nitrogens is 2. The summed E-state index contributed by atoms with van der Waals surface area (Å²) >= 11 is 0. The molecule has 0 amide bonds. The molecule has 1 rings (SSSR count). The van der Waals surface area contributed by atoms with Gasteiger partial charge < -0.3 is 20.8 Å². The third-order valence-electron chi connectivity index (χ3n) is 2.04. The summed E-state index contributed by atoms with van der Waals surface area (Å²) in [5.41, 5.74) is 11.9. The Bertz CT molecular complexity index is 429. The van der Waals surface area contributed by atoms with Gasteiger partial charge in [0.05, 0.1) is 6.33 Å². The summed E-state index contributed by atoms with van der Waals surface area (Å²) in [5, 5.41) is 0. The number of anilines is 1. The van der Waals surface area contributed by atoms with Gasteiger partial charge in [-0.25, -0.2) is 9.98 Å². The van der Waals surface area contributed by atoms with Gasteiger partial charge in [-0.05, 0) is 6.42 Å². The van der Waals surface area contributed by atoms with Gasteiger partial charge in [-0.3, -0.25) is 0 Å². The molecule has 1 aromatic rings. The smallest absolute Gasteiger partial charge is 0.257 e. The molecule has 6 nitrogen and oxygen atoms in total. The average Bonchev–Trinajstić information content (AvgIpc) is 2.59. The number of aliphatic imine (C=N–C) groups is 1. The van der Waals surface area contributed by atoms with E-state index in [1.54, 1.807) is 17.9 Å². The molecular formula is C10H15N5O. The predicted octanol–water partition coefficient (Wildman–Crippen LogP) is 0.0510. The van der Waals surface area contributed by atoms with Crippen molar-refractivity contribution < 1.29 is 4.74 Å². The number of ether oxygens (including phenoxy) is 1. The number of nitrogen functional groups attached to an aromatic ring is 1. The van der Waals surface area contributed by atoms with E-state index in [9.17, 15) is 0 Å². The number of imidazole rings is 1. The first kappa shape index (κ1) is 12.1. The molecule has 0 bridgehead atoms. The highest BCUT2D eigenvalue weighted by Gasteiger charge is 2.15. The van der Waals surface area contributed by atoms with E-state index in [4.69, 9.17) is 22.6 Å². The lowest BCUT2D eigenvalue weighted by Crippen LogP contribution is -2.20. The molecule has 1 unspecified atom stereocenters. The summed E-state index contributed by atoms with van der Waals surface area (Å²) < 4.78 is 6.58. The lowest BCUT2D eigenvalue weighted by atomic mass is 10.4. The van der Waals surface area contributed by atoms with Crippen LogP contribution >= 0.6 is 0 Å². The third kappa shape index (κ3) is 2.52. The molecule has 0 radical (unpaired) electrons. The quantitative estimate of drug-likeness (QED) is 0.428. The zero-order valence-electron chi connectivity index (χ0n) is 9.34. The van der Waals surface area contributed by atoms with Crippen molar-refractivity contribution in [3.8, 4) is 12.5 Å². The number of nitrogens with zero attached hydrogens (tertiary/aromatic N) is 3. The molecule has 0 aliphatic heterocycles. The number of hydrogen-bond acceptors (Lipinski definition) is 5. The second-order valence-corrected chi connectivity index (χ2v) is 3.22. The van der Waals surface area contributed by atoms with Gasteiger partial charge in [0.15, 0.2) is 5.69 Å². The van der Waals surface area contributed by atoms with E-state index >= 15 is 0 Å². The first-order valence-corrected chi connectivity index (χ1v) is 4.83. The van der Waals surface area contributed by atoms with Crippen LogP contribution in [0.2, 0.25) is 0 Å². The van der Waals surface area contributed by atoms with Gasteiger partial charge in [0.25, 0.3) is 5.90 Å². The van der Waals surface area contributed by atoms with E-state index in [2.05, 4.69) is 9.98 Å². The van der Waals surface area contributed by atoms with Gasteiger partial charge in [0.2, 0.25) is 0 Å². The Kier molecular flexibility index (Phi) is 3.91. The van der Waals surface area contributed by atoms with Gasteiger partial charge in [-0.2, -0.15) is 0 Å². The van der Waals surface area contributed by atoms with Gasteiger partial charge in [0, 0.05) is 7.05 Å². The molecule has 0 fully saturated rings. The fourth-order valence-corrected chi connectivity index (χ4v) is 1.04. The minimum atomic E-state index is -0.384. The molecule has 0 aliphatic rings. The van der Waals surface area contributed by atoms with Crippen LogP contribution < -0.4 is 11.5 Å². The maximum atomic E-state index is 5.78. The van der Waals surface area contributed by atoms with Crippen LogP contribution in [0.15, 0.2) is 11.3 Å². The summed E-state index contributed by atoms with van der Waals surface area (Å²) in [6.45, 7) is 1.91. The molecule has 16 heavy (non-hydrogen) atoms. The van der Waals surface area contributed by atoms with Crippen molar-refractivity contribution in [2.24, 2.45) is 17.8 Å². The molecule has 4 N–H and O–H groups in total. The van der Waals surface area contributed by atoms with Gasteiger partial charge in [-0.15, -0.1) is 0 Å². The molecule has 0 saturated heterocycles. The fourth-order valence-electron chi connectivity index (χ4n) is 1.04. The molecule has 86 valence electrons. The predicted molar refractivity (Wildman–Crippen MR) is 62.3 cm³/mol. The molecule has 0 aromatic carbocycles. The highest BCUT2D eigenvalue weighted by atomic mass is 16.5. The SMILES string of the molecule is C#COC(=NC(N)CC)c1ncn(C)c1N. The normalized spacial score (nSPS) is 13.2. The molecule has 0 spiro atoms. The Labute approximate surface area is 94.3 Å².